The highest BCUT2D eigenvalue weighted by Gasteiger charge is 2.39. The molecular weight excluding hydrogens is 737 g/mol. The number of aromatic nitrogens is 4. The normalized spacial score (nSPS) is 18.9. The van der Waals surface area contributed by atoms with Gasteiger partial charge in [0.05, 0.1) is 43.9 Å². The van der Waals surface area contributed by atoms with Crippen LogP contribution in [0.3, 0.4) is 0 Å². The van der Waals surface area contributed by atoms with Crippen molar-refractivity contribution >= 4 is 24.0 Å². The van der Waals surface area contributed by atoms with Gasteiger partial charge in [-0.25, -0.2) is 19.6 Å². The lowest BCUT2D eigenvalue weighted by Crippen LogP contribution is -2.51. The quantitative estimate of drug-likeness (QED) is 0.132. The highest BCUT2D eigenvalue weighted by Crippen LogP contribution is 2.38. The Hall–Kier alpha value is -5.66. The van der Waals surface area contributed by atoms with E-state index in [0.717, 1.165) is 102 Å². The van der Waals surface area contributed by atoms with Crippen LogP contribution in [-0.4, -0.2) is 93.1 Å². The van der Waals surface area contributed by atoms with E-state index in [4.69, 9.17) is 19.4 Å². The van der Waals surface area contributed by atoms with Crippen LogP contribution in [-0.2, 0) is 31.9 Å². The SMILES string of the molecule is COC(=O)N[C@H](C(=O)N1CCC[C@H]1c1ncc(-c2ccc(-c3ccc4c(c3)CCCCc3[nH]c([C@@H]5CCCN5C(=O)[C@@H](NC(=O)OC)C(C)C)nc3-4)cc2)[nH]1)C(C)C. The summed E-state index contributed by atoms with van der Waals surface area (Å²) in [4.78, 5) is 72.2. The molecule has 0 bridgehead atoms. The molecule has 0 unspecified atom stereocenters. The predicted molar refractivity (Wildman–Crippen MR) is 219 cm³/mol. The van der Waals surface area contributed by atoms with Crippen molar-refractivity contribution in [2.75, 3.05) is 27.3 Å². The van der Waals surface area contributed by atoms with Crippen LogP contribution in [0.15, 0.2) is 48.7 Å². The van der Waals surface area contributed by atoms with Crippen molar-refractivity contribution in [3.8, 4) is 33.6 Å². The van der Waals surface area contributed by atoms with E-state index in [0.29, 0.717) is 13.1 Å². The summed E-state index contributed by atoms with van der Waals surface area (Å²) in [5, 5.41) is 5.45. The average molecular weight is 793 g/mol. The Kier molecular flexibility index (Phi) is 12.2. The van der Waals surface area contributed by atoms with Gasteiger partial charge in [-0.1, -0.05) is 70.2 Å². The number of fused-ring (bicyclic) bond motifs is 3. The maximum Gasteiger partial charge on any atom is 0.407 e. The van der Waals surface area contributed by atoms with E-state index in [-0.39, 0.29) is 35.7 Å². The van der Waals surface area contributed by atoms with Crippen LogP contribution in [0, 0.1) is 11.8 Å². The molecule has 58 heavy (non-hydrogen) atoms. The molecule has 1 aliphatic carbocycles. The second kappa shape index (κ2) is 17.5. The molecule has 2 aromatic carbocycles. The zero-order valence-corrected chi connectivity index (χ0v) is 34.4. The number of ether oxygens (including phenoxy) is 2. The fourth-order valence-electron chi connectivity index (χ4n) is 8.70. The van der Waals surface area contributed by atoms with Crippen molar-refractivity contribution in [2.24, 2.45) is 11.8 Å². The van der Waals surface area contributed by atoms with Crippen LogP contribution in [0.5, 0.6) is 0 Å². The molecule has 4 atom stereocenters. The minimum Gasteiger partial charge on any atom is -0.453 e. The number of methoxy groups -OCH3 is 2. The molecule has 2 saturated heterocycles. The van der Waals surface area contributed by atoms with E-state index >= 15 is 0 Å². The molecule has 0 radical (unpaired) electrons. The maximum absolute atomic E-state index is 13.8. The number of alkyl carbamates (subject to hydrolysis) is 2. The van der Waals surface area contributed by atoms with Crippen LogP contribution < -0.4 is 10.6 Å². The van der Waals surface area contributed by atoms with E-state index in [2.05, 4.69) is 63.1 Å². The molecule has 7 rings (SSSR count). The average Bonchev–Trinajstić information content (AvgIpc) is 4.06. The molecule has 0 saturated carbocycles. The molecule has 2 aliphatic heterocycles. The molecule has 4 heterocycles. The number of nitrogens with zero attached hydrogens (tertiary/aromatic N) is 4. The van der Waals surface area contributed by atoms with Gasteiger partial charge in [0.15, 0.2) is 0 Å². The number of hydrogen-bond donors (Lipinski definition) is 4. The standard InChI is InChI=1S/C44H56N8O6/c1-25(2)36(49-43(55)57-5)41(53)51-21-9-13-34(51)39-45-24-33(47-39)28-17-15-27(16-18-28)29-19-20-31-30(23-29)11-7-8-12-32-38(31)48-40(46-32)35-14-10-22-52(35)42(54)37(26(3)4)50-44(56)58-6/h15-20,23-26,34-37H,7-14,21-22H2,1-6H3,(H,45,47)(H,46,48)(H,49,55)(H,50,56)/t34-,35-,36-,37-/m0/s1. The zero-order chi connectivity index (χ0) is 41.1. The highest BCUT2D eigenvalue weighted by molar-refractivity contribution is 5.87. The minimum atomic E-state index is -0.687. The monoisotopic (exact) mass is 792 g/mol. The molecule has 0 spiro atoms. The number of H-pyrrole nitrogens is 2. The second-order valence-electron chi connectivity index (χ2n) is 16.4. The second-order valence-corrected chi connectivity index (χ2v) is 16.4. The first kappa shape index (κ1) is 40.5. The molecule has 4 N–H and O–H groups in total. The molecule has 308 valence electrons. The predicted octanol–water partition coefficient (Wildman–Crippen LogP) is 7.10. The number of aromatic amines is 2. The van der Waals surface area contributed by atoms with Gasteiger partial charge < -0.3 is 39.9 Å². The van der Waals surface area contributed by atoms with Crippen molar-refractivity contribution < 1.29 is 28.7 Å². The molecule has 2 aromatic heterocycles. The van der Waals surface area contributed by atoms with Gasteiger partial charge >= 0.3 is 12.2 Å². The van der Waals surface area contributed by atoms with Crippen molar-refractivity contribution in [3.63, 3.8) is 0 Å². The van der Waals surface area contributed by atoms with Gasteiger partial charge in [0.25, 0.3) is 0 Å². The van der Waals surface area contributed by atoms with E-state index < -0.39 is 24.3 Å². The summed E-state index contributed by atoms with van der Waals surface area (Å²) in [7, 11) is 2.60. The third kappa shape index (κ3) is 8.32. The topological polar surface area (TPSA) is 175 Å². The van der Waals surface area contributed by atoms with Gasteiger partial charge in [-0.3, -0.25) is 9.59 Å². The van der Waals surface area contributed by atoms with Gasteiger partial charge in [-0.2, -0.15) is 0 Å². The summed E-state index contributed by atoms with van der Waals surface area (Å²) in [5.74, 6) is 1.07. The number of carbonyl (C=O) groups is 4. The van der Waals surface area contributed by atoms with E-state index in [9.17, 15) is 19.2 Å². The van der Waals surface area contributed by atoms with E-state index in [1.807, 2.05) is 43.7 Å². The summed E-state index contributed by atoms with van der Waals surface area (Å²) in [6.07, 6.45) is 7.80. The molecule has 2 fully saturated rings. The number of likely N-dealkylation sites (tertiary alicyclic amines) is 2. The Labute approximate surface area is 339 Å². The fraction of sp³-hybridized carbons (Fsp3) is 0.500. The maximum atomic E-state index is 13.8. The van der Waals surface area contributed by atoms with Crippen LogP contribution in [0.4, 0.5) is 9.59 Å². The molecule has 3 aliphatic rings. The number of carbonyl (C=O) groups excluding carboxylic acids is 4. The first-order valence-electron chi connectivity index (χ1n) is 20.6. The lowest BCUT2D eigenvalue weighted by atomic mass is 9.90. The Morgan fingerprint density at radius 1 is 0.707 bits per heavy atom. The molecular formula is C44H56N8O6. The number of rotatable bonds is 10. The summed E-state index contributed by atoms with van der Waals surface area (Å²) >= 11 is 0. The summed E-state index contributed by atoms with van der Waals surface area (Å²) in [6.45, 7) is 8.86. The number of benzene rings is 2. The number of aryl methyl sites for hydroxylation is 2. The fourth-order valence-corrected chi connectivity index (χ4v) is 8.70. The Morgan fingerprint density at radius 2 is 1.26 bits per heavy atom. The van der Waals surface area contributed by atoms with Gasteiger partial charge in [0, 0.05) is 24.3 Å². The molecule has 4 amide bonds. The molecule has 4 aromatic rings. The van der Waals surface area contributed by atoms with Crippen molar-refractivity contribution in [3.05, 3.63) is 71.6 Å². The number of nitrogens with one attached hydrogen (secondary N) is 4. The smallest absolute Gasteiger partial charge is 0.407 e. The Bertz CT molecular complexity index is 2120. The summed E-state index contributed by atoms with van der Waals surface area (Å²) in [5.41, 5.74) is 8.50. The minimum absolute atomic E-state index is 0.102. The first-order valence-corrected chi connectivity index (χ1v) is 20.6. The van der Waals surface area contributed by atoms with Crippen LogP contribution in [0.25, 0.3) is 33.6 Å². The number of amides is 4. The number of hydrogen-bond acceptors (Lipinski definition) is 8. The van der Waals surface area contributed by atoms with Gasteiger partial charge in [-0.05, 0) is 85.5 Å². The lowest BCUT2D eigenvalue weighted by Gasteiger charge is -2.30. The Morgan fingerprint density at radius 3 is 1.84 bits per heavy atom. The summed E-state index contributed by atoms with van der Waals surface area (Å²) in [6, 6.07) is 13.3. The molecule has 14 heteroatoms. The zero-order valence-electron chi connectivity index (χ0n) is 34.4. The van der Waals surface area contributed by atoms with Crippen molar-refractivity contribution in [1.29, 1.82) is 0 Å². The van der Waals surface area contributed by atoms with Crippen molar-refractivity contribution in [1.82, 2.24) is 40.4 Å². The van der Waals surface area contributed by atoms with Gasteiger partial charge in [-0.15, -0.1) is 0 Å². The van der Waals surface area contributed by atoms with Gasteiger partial charge in [0.2, 0.25) is 11.8 Å². The van der Waals surface area contributed by atoms with Crippen LogP contribution >= 0.6 is 0 Å². The third-order valence-electron chi connectivity index (χ3n) is 11.9. The van der Waals surface area contributed by atoms with Crippen molar-refractivity contribution in [2.45, 2.75) is 103 Å². The Balaban J connectivity index is 1.08. The number of imidazole rings is 2. The third-order valence-corrected chi connectivity index (χ3v) is 11.9. The summed E-state index contributed by atoms with van der Waals surface area (Å²) < 4.78 is 9.58. The van der Waals surface area contributed by atoms with Crippen LogP contribution in [0.1, 0.15) is 101 Å². The van der Waals surface area contributed by atoms with Gasteiger partial charge in [0.1, 0.15) is 23.7 Å². The first-order chi connectivity index (χ1) is 28.0. The molecule has 14 nitrogen and oxygen atoms in total. The van der Waals surface area contributed by atoms with E-state index in [1.54, 1.807) is 0 Å². The van der Waals surface area contributed by atoms with E-state index in [1.165, 1.54) is 19.8 Å². The lowest BCUT2D eigenvalue weighted by molar-refractivity contribution is -0.136. The highest BCUT2D eigenvalue weighted by atomic mass is 16.5. The largest absolute Gasteiger partial charge is 0.453 e. The van der Waals surface area contributed by atoms with Crippen LogP contribution in [0.2, 0.25) is 0 Å².